The van der Waals surface area contributed by atoms with Gasteiger partial charge in [0.1, 0.15) is 5.41 Å². The van der Waals surface area contributed by atoms with Gasteiger partial charge in [0.2, 0.25) is 0 Å². The fraction of sp³-hybridized carbons (Fsp3) is 0.500. The van der Waals surface area contributed by atoms with Crippen LogP contribution in [0.3, 0.4) is 0 Å². The molecule has 0 aliphatic carbocycles. The van der Waals surface area contributed by atoms with Crippen LogP contribution in [0.25, 0.3) is 0 Å². The van der Waals surface area contributed by atoms with Crippen molar-refractivity contribution >= 4 is 0 Å². The number of hydrogen-bond donors (Lipinski definition) is 0. The van der Waals surface area contributed by atoms with E-state index < -0.39 is 10.8 Å². The van der Waals surface area contributed by atoms with E-state index in [9.17, 15) is 0 Å². The topological polar surface area (TPSA) is 0 Å². The molecular weight excluding hydrogens is 336 g/mol. The molecule has 0 aromatic rings. The van der Waals surface area contributed by atoms with E-state index in [4.69, 9.17) is 6.42 Å². The number of unbranched alkanes of at least 4 members (excludes halogenated alkanes) is 1. The minimum Gasteiger partial charge on any atom is -0.119 e. The third-order valence-corrected chi connectivity index (χ3v) is 4.05. The summed E-state index contributed by atoms with van der Waals surface area (Å²) in [6.07, 6.45) is 10.1. The van der Waals surface area contributed by atoms with E-state index >= 15 is 0 Å². The van der Waals surface area contributed by atoms with Crippen LogP contribution < -0.4 is 0 Å². The lowest BCUT2D eigenvalue weighted by Crippen LogP contribution is -2.37. The van der Waals surface area contributed by atoms with Crippen molar-refractivity contribution in [2.24, 2.45) is 10.8 Å². The van der Waals surface area contributed by atoms with Crippen molar-refractivity contribution in [1.29, 1.82) is 0 Å². The highest BCUT2D eigenvalue weighted by atomic mass is 14.4. The molecule has 2 atom stereocenters. The van der Waals surface area contributed by atoms with Gasteiger partial charge in [0.25, 0.3) is 0 Å². The van der Waals surface area contributed by atoms with Crippen LogP contribution in [0.5, 0.6) is 0 Å². The number of terminal acetylenes is 1. The lowest BCUT2D eigenvalue weighted by atomic mass is 9.62. The van der Waals surface area contributed by atoms with Gasteiger partial charge in [-0.25, -0.2) is 0 Å². The molecule has 0 heteroatoms. The summed E-state index contributed by atoms with van der Waals surface area (Å²) in [4.78, 5) is 0. The van der Waals surface area contributed by atoms with Crippen LogP contribution >= 0.6 is 0 Å². The molecule has 0 aliphatic heterocycles. The highest BCUT2D eigenvalue weighted by Crippen LogP contribution is 2.44. The zero-order valence-electron chi connectivity index (χ0n) is 18.0. The molecule has 28 heavy (non-hydrogen) atoms. The van der Waals surface area contributed by atoms with Crippen LogP contribution in [0, 0.1) is 94.2 Å². The van der Waals surface area contributed by atoms with E-state index in [-0.39, 0.29) is 0 Å². The fourth-order valence-corrected chi connectivity index (χ4v) is 2.36. The van der Waals surface area contributed by atoms with Crippen molar-refractivity contribution in [3.8, 4) is 83.4 Å². The predicted molar refractivity (Wildman–Crippen MR) is 121 cm³/mol. The largest absolute Gasteiger partial charge is 0.120 e. The first-order chi connectivity index (χ1) is 13.6. The van der Waals surface area contributed by atoms with Crippen LogP contribution in [0.4, 0.5) is 0 Å². The van der Waals surface area contributed by atoms with Gasteiger partial charge in [-0.1, -0.05) is 50.4 Å². The highest BCUT2D eigenvalue weighted by Gasteiger charge is 2.44. The molecular formula is C28H30. The Morgan fingerprint density at radius 2 is 1.46 bits per heavy atom. The third kappa shape index (κ3) is 8.54. The molecule has 0 radical (unpaired) electrons. The Morgan fingerprint density at radius 3 is 2.07 bits per heavy atom. The monoisotopic (exact) mass is 366 g/mol. The molecule has 0 saturated carbocycles. The maximum absolute atomic E-state index is 5.25. The summed E-state index contributed by atoms with van der Waals surface area (Å²) in [7, 11) is 0. The molecule has 2 unspecified atom stereocenters. The Bertz CT molecular complexity index is 901. The molecule has 0 amide bonds. The molecule has 0 nitrogen and oxygen atoms in total. The Hall–Kier alpha value is -3.08. The van der Waals surface area contributed by atoms with Crippen LogP contribution in [0.2, 0.25) is 0 Å². The van der Waals surface area contributed by atoms with Gasteiger partial charge in [-0.2, -0.15) is 0 Å². The number of rotatable bonds is 4. The van der Waals surface area contributed by atoms with Crippen LogP contribution in [0.15, 0.2) is 0 Å². The molecule has 0 bridgehead atoms. The van der Waals surface area contributed by atoms with Crippen LogP contribution in [-0.4, -0.2) is 0 Å². The SMILES string of the molecule is C#CCC#CC#CC(C)(CC#CCC)C(C#CCC)(C#CCCC)CC#CC. The maximum atomic E-state index is 5.25. The first kappa shape index (κ1) is 24.9. The number of hydrogen-bond acceptors (Lipinski definition) is 0. The molecule has 0 spiro atoms. The van der Waals surface area contributed by atoms with Gasteiger partial charge in [0.15, 0.2) is 0 Å². The van der Waals surface area contributed by atoms with Crippen LogP contribution in [-0.2, 0) is 0 Å². The smallest absolute Gasteiger partial charge is 0.119 e. The van der Waals surface area contributed by atoms with Gasteiger partial charge < -0.3 is 0 Å². The summed E-state index contributed by atoms with van der Waals surface area (Å²) in [5.74, 6) is 40.5. The van der Waals surface area contributed by atoms with Gasteiger partial charge in [0.05, 0.1) is 11.8 Å². The summed E-state index contributed by atoms with van der Waals surface area (Å²) in [5.41, 5.74) is -1.25. The molecule has 0 aromatic carbocycles. The van der Waals surface area contributed by atoms with Gasteiger partial charge in [-0.3, -0.25) is 0 Å². The van der Waals surface area contributed by atoms with Gasteiger partial charge in [0, 0.05) is 32.1 Å². The summed E-state index contributed by atoms with van der Waals surface area (Å²) < 4.78 is 0. The Labute approximate surface area is 174 Å². The van der Waals surface area contributed by atoms with Gasteiger partial charge in [-0.15, -0.1) is 41.9 Å². The minimum absolute atomic E-state index is 0.388. The first-order valence-electron chi connectivity index (χ1n) is 9.84. The molecule has 0 heterocycles. The molecule has 0 aliphatic rings. The van der Waals surface area contributed by atoms with E-state index in [1.807, 2.05) is 20.8 Å². The van der Waals surface area contributed by atoms with Gasteiger partial charge >= 0.3 is 0 Å². The minimum atomic E-state index is -0.676. The Morgan fingerprint density at radius 1 is 0.750 bits per heavy atom. The molecule has 0 rings (SSSR count). The second-order valence-corrected chi connectivity index (χ2v) is 6.36. The van der Waals surface area contributed by atoms with E-state index in [0.717, 1.165) is 25.7 Å². The average molecular weight is 367 g/mol. The Kier molecular flexibility index (Phi) is 13.4. The highest BCUT2D eigenvalue weighted by molar-refractivity contribution is 5.42. The van der Waals surface area contributed by atoms with Crippen molar-refractivity contribution in [1.82, 2.24) is 0 Å². The zero-order chi connectivity index (χ0) is 21.1. The molecule has 0 aromatic heterocycles. The van der Waals surface area contributed by atoms with Crippen molar-refractivity contribution in [2.45, 2.75) is 79.6 Å². The van der Waals surface area contributed by atoms with Crippen molar-refractivity contribution in [3.63, 3.8) is 0 Å². The first-order valence-corrected chi connectivity index (χ1v) is 9.84. The second kappa shape index (κ2) is 15.0. The van der Waals surface area contributed by atoms with E-state index in [1.165, 1.54) is 0 Å². The molecule has 0 N–H and O–H groups in total. The third-order valence-electron chi connectivity index (χ3n) is 4.05. The van der Waals surface area contributed by atoms with E-state index in [0.29, 0.717) is 19.3 Å². The Balaban J connectivity index is 6.60. The second-order valence-electron chi connectivity index (χ2n) is 6.36. The molecule has 0 saturated heterocycles. The van der Waals surface area contributed by atoms with E-state index in [1.54, 1.807) is 0 Å². The van der Waals surface area contributed by atoms with Crippen molar-refractivity contribution in [2.75, 3.05) is 0 Å². The maximum Gasteiger partial charge on any atom is 0.120 e. The lowest BCUT2D eigenvalue weighted by Gasteiger charge is -2.36. The molecule has 0 fully saturated rings. The van der Waals surface area contributed by atoms with Gasteiger partial charge in [-0.05, 0) is 32.1 Å². The normalized spacial score (nSPS) is 12.3. The fourth-order valence-electron chi connectivity index (χ4n) is 2.36. The van der Waals surface area contributed by atoms with E-state index in [2.05, 4.69) is 90.8 Å². The van der Waals surface area contributed by atoms with Crippen molar-refractivity contribution < 1.29 is 0 Å². The zero-order valence-corrected chi connectivity index (χ0v) is 18.0. The quantitative estimate of drug-likeness (QED) is 0.581. The molecule has 142 valence electrons. The predicted octanol–water partition coefficient (Wildman–Crippen LogP) is 5.44. The standard InChI is InChI=1S/C28H30/c1-7-12-17-18-21-23-27(6,22-19-13-8-2)28(24-15-10-4,25-16-11-5)26-20-14-9-3/h1H,8-10,12,14,22,25H2,2-6H3. The summed E-state index contributed by atoms with van der Waals surface area (Å²) >= 11 is 0. The summed E-state index contributed by atoms with van der Waals surface area (Å²) in [6.45, 7) is 10.1. The van der Waals surface area contributed by atoms with Crippen molar-refractivity contribution in [3.05, 3.63) is 0 Å². The lowest BCUT2D eigenvalue weighted by molar-refractivity contribution is 0.268. The summed E-state index contributed by atoms with van der Waals surface area (Å²) in [5, 5.41) is 0. The average Bonchev–Trinajstić information content (AvgIpc) is 2.70. The summed E-state index contributed by atoms with van der Waals surface area (Å²) in [6, 6.07) is 0. The van der Waals surface area contributed by atoms with Crippen LogP contribution in [0.1, 0.15) is 79.6 Å².